The first-order chi connectivity index (χ1) is 35.7. The Morgan fingerprint density at radius 1 is 0.816 bits per heavy atom. The highest BCUT2D eigenvalue weighted by atomic mass is 32.2. The number of hydrogen-bond donors (Lipinski definition) is 4. The molecule has 0 unspecified atom stereocenters. The van der Waals surface area contributed by atoms with E-state index in [0.29, 0.717) is 19.4 Å². The fourth-order valence-electron chi connectivity index (χ4n) is 9.02. The quantitative estimate of drug-likeness (QED) is 0.0512. The van der Waals surface area contributed by atoms with Gasteiger partial charge in [-0.15, -0.1) is 0 Å². The third-order valence-corrected chi connectivity index (χ3v) is 14.9. The average molecular weight is 1080 g/mol. The van der Waals surface area contributed by atoms with Gasteiger partial charge >= 0.3 is 0 Å². The molecule has 1 saturated heterocycles. The molecule has 2 aliphatic heterocycles. The zero-order chi connectivity index (χ0) is 56.5. The lowest BCUT2D eigenvalue weighted by molar-refractivity contribution is -0.141. The molecule has 0 aromatic heterocycles. The molecular weight excluding hydrogens is 999 g/mol. The third kappa shape index (κ3) is 17.5. The fraction of sp³-hybridized carbons (Fsp3) is 0.564. The summed E-state index contributed by atoms with van der Waals surface area (Å²) < 4.78 is 45.4. The molecule has 0 aliphatic carbocycles. The molecule has 0 spiro atoms. The molecule has 21 heteroatoms. The monoisotopic (exact) mass is 1080 g/mol. The summed E-state index contributed by atoms with van der Waals surface area (Å²) in [5, 5.41) is 8.89. The van der Waals surface area contributed by atoms with E-state index in [1.807, 2.05) is 78.8 Å². The standard InChI is InChI=1S/C55H79N7O13S/c1-36(2)44(60(11)53(70)48(54(5,6)7)58-51(68)47(56-10)55(8,9)39-16-13-12-14-17-39)35-37(3)49(66)59-76(71,72)42-21-19-40(20-22-42)57-50(67)43-18-15-26-61(43)52(69)38(4)34-41(63)25-28-73-30-32-75-33-31-74-29-27-62-45(64)23-24-46(62)65/h12-14,16-17,19-24,35-36,38,43-44,47-48,56H,15,18,25-34H2,1-11H3,(H,57,67)(H,58,68)(H,59,66)/b37-35+/t38-,43+,44-,47-,48-/m1/s1. The molecule has 0 saturated carbocycles. The molecule has 20 nitrogen and oxygen atoms in total. The maximum absolute atomic E-state index is 14.3. The van der Waals surface area contributed by atoms with Gasteiger partial charge in [0.05, 0.1) is 63.2 Å². The number of carbonyl (C=O) groups is 8. The van der Waals surface area contributed by atoms with Crippen molar-refractivity contribution >= 4 is 62.8 Å². The molecular formula is C55H79N7O13S. The summed E-state index contributed by atoms with van der Waals surface area (Å²) >= 11 is 0. The fourth-order valence-corrected chi connectivity index (χ4v) is 10.0. The van der Waals surface area contributed by atoms with Crippen molar-refractivity contribution in [1.29, 1.82) is 0 Å². The minimum atomic E-state index is -4.41. The van der Waals surface area contributed by atoms with Crippen LogP contribution in [0.5, 0.6) is 0 Å². The summed E-state index contributed by atoms with van der Waals surface area (Å²) in [4.78, 5) is 108. The van der Waals surface area contributed by atoms with Crippen LogP contribution in [-0.4, -0.2) is 161 Å². The first kappa shape index (κ1) is 62.4. The number of carbonyl (C=O) groups excluding carboxylic acids is 8. The highest BCUT2D eigenvalue weighted by Gasteiger charge is 2.42. The van der Waals surface area contributed by atoms with E-state index in [-0.39, 0.29) is 111 Å². The van der Waals surface area contributed by atoms with Gasteiger partial charge in [0.25, 0.3) is 27.7 Å². The number of ether oxygens (including phenoxy) is 3. The third-order valence-electron chi connectivity index (χ3n) is 13.5. The zero-order valence-electron chi connectivity index (χ0n) is 45.9. The maximum Gasteiger partial charge on any atom is 0.264 e. The van der Waals surface area contributed by atoms with E-state index in [1.165, 1.54) is 59.2 Å². The number of hydrogen-bond acceptors (Lipinski definition) is 14. The van der Waals surface area contributed by atoms with Crippen molar-refractivity contribution < 1.29 is 61.0 Å². The molecule has 76 heavy (non-hydrogen) atoms. The van der Waals surface area contributed by atoms with Crippen molar-refractivity contribution in [2.45, 2.75) is 122 Å². The number of anilines is 1. The van der Waals surface area contributed by atoms with Gasteiger partial charge in [-0.2, -0.15) is 0 Å². The number of imide groups is 1. The van der Waals surface area contributed by atoms with E-state index in [1.54, 1.807) is 21.0 Å². The Hall–Kier alpha value is -6.13. The molecule has 418 valence electrons. The Morgan fingerprint density at radius 3 is 1.96 bits per heavy atom. The average Bonchev–Trinajstić information content (AvgIpc) is 3.99. The summed E-state index contributed by atoms with van der Waals surface area (Å²) in [6.45, 7) is 18.1. The van der Waals surface area contributed by atoms with Crippen LogP contribution in [0.2, 0.25) is 0 Å². The van der Waals surface area contributed by atoms with Gasteiger partial charge in [0, 0.05) is 61.2 Å². The SMILES string of the molecule is CN[C@H](C(=O)N[C@H](C(=O)N(C)[C@H](/C=C(\C)C(=O)NS(=O)(=O)c1ccc(NC(=O)[C@@H]2CCCN2C(=O)[C@H](C)CC(=O)CCOCCOCCOCCN2C(=O)C=CC2=O)cc1)C(C)C)C(C)(C)C)C(C)(C)c1ccccc1. The number of ketones is 1. The van der Waals surface area contributed by atoms with Crippen LogP contribution in [0.3, 0.4) is 0 Å². The lowest BCUT2D eigenvalue weighted by atomic mass is 9.76. The minimum absolute atomic E-state index is 0.0338. The highest BCUT2D eigenvalue weighted by Crippen LogP contribution is 2.30. The first-order valence-corrected chi connectivity index (χ1v) is 27.2. The lowest BCUT2D eigenvalue weighted by Gasteiger charge is -2.40. The highest BCUT2D eigenvalue weighted by molar-refractivity contribution is 7.90. The molecule has 4 rings (SSSR count). The van der Waals surface area contributed by atoms with Crippen LogP contribution in [0.15, 0.2) is 83.3 Å². The largest absolute Gasteiger partial charge is 0.379 e. The summed E-state index contributed by atoms with van der Waals surface area (Å²) in [5.74, 6) is -4.30. The topological polar surface area (TPSA) is 256 Å². The Balaban J connectivity index is 1.25. The normalized spacial score (nSPS) is 16.8. The van der Waals surface area contributed by atoms with Gasteiger partial charge in [-0.25, -0.2) is 13.1 Å². The molecule has 2 aromatic carbocycles. The second-order valence-electron chi connectivity index (χ2n) is 21.2. The molecule has 2 heterocycles. The van der Waals surface area contributed by atoms with Gasteiger partial charge in [0.15, 0.2) is 0 Å². The number of sulfonamides is 1. The number of benzene rings is 2. The summed E-state index contributed by atoms with van der Waals surface area (Å²) in [5.41, 5.74) is -0.132. The van der Waals surface area contributed by atoms with Gasteiger partial charge in [-0.1, -0.05) is 91.8 Å². The van der Waals surface area contributed by atoms with Gasteiger partial charge < -0.3 is 40.0 Å². The van der Waals surface area contributed by atoms with Crippen molar-refractivity contribution in [3.63, 3.8) is 0 Å². The molecule has 0 radical (unpaired) electrons. The smallest absolute Gasteiger partial charge is 0.264 e. The summed E-state index contributed by atoms with van der Waals surface area (Å²) in [6, 6.07) is 11.7. The van der Waals surface area contributed by atoms with E-state index >= 15 is 0 Å². The summed E-state index contributed by atoms with van der Waals surface area (Å²) in [6.07, 6.45) is 4.98. The Kier molecular flexibility index (Phi) is 23.2. The maximum atomic E-state index is 14.3. The number of amides is 7. The number of Topliss-reactive ketones (excluding diaryl/α,β-unsaturated/α-hetero) is 1. The van der Waals surface area contributed by atoms with Crippen LogP contribution < -0.4 is 20.7 Å². The second kappa shape index (κ2) is 28.3. The first-order valence-electron chi connectivity index (χ1n) is 25.8. The molecule has 1 fully saturated rings. The van der Waals surface area contributed by atoms with E-state index < -0.39 is 68.7 Å². The number of rotatable bonds is 29. The van der Waals surface area contributed by atoms with Crippen molar-refractivity contribution in [2.24, 2.45) is 17.3 Å². The van der Waals surface area contributed by atoms with Crippen molar-refractivity contribution in [3.05, 3.63) is 84.0 Å². The van der Waals surface area contributed by atoms with E-state index in [9.17, 15) is 46.8 Å². The number of nitrogens with one attached hydrogen (secondary N) is 4. The van der Waals surface area contributed by atoms with Crippen molar-refractivity contribution in [2.75, 3.05) is 72.1 Å². The minimum Gasteiger partial charge on any atom is -0.379 e. The van der Waals surface area contributed by atoms with Crippen LogP contribution in [0, 0.1) is 17.3 Å². The van der Waals surface area contributed by atoms with Gasteiger partial charge in [-0.05, 0) is 68.0 Å². The predicted molar refractivity (Wildman–Crippen MR) is 286 cm³/mol. The van der Waals surface area contributed by atoms with Crippen molar-refractivity contribution in [1.82, 2.24) is 30.1 Å². The van der Waals surface area contributed by atoms with E-state index in [4.69, 9.17) is 14.2 Å². The lowest BCUT2D eigenvalue weighted by Crippen LogP contribution is -2.61. The van der Waals surface area contributed by atoms with E-state index in [2.05, 4.69) is 20.7 Å². The second-order valence-corrected chi connectivity index (χ2v) is 22.9. The van der Waals surface area contributed by atoms with Gasteiger partial charge in [0.1, 0.15) is 17.9 Å². The van der Waals surface area contributed by atoms with Crippen molar-refractivity contribution in [3.8, 4) is 0 Å². The van der Waals surface area contributed by atoms with Crippen LogP contribution in [-0.2, 0) is 68.0 Å². The molecule has 0 bridgehead atoms. The molecule has 2 aliphatic rings. The molecule has 7 amide bonds. The van der Waals surface area contributed by atoms with Crippen LogP contribution in [0.1, 0.15) is 93.6 Å². The molecule has 2 aromatic rings. The zero-order valence-corrected chi connectivity index (χ0v) is 46.8. The number of likely N-dealkylation sites (tertiary alicyclic amines) is 1. The predicted octanol–water partition coefficient (Wildman–Crippen LogP) is 3.91. The molecule has 4 N–H and O–H groups in total. The van der Waals surface area contributed by atoms with Crippen LogP contribution >= 0.6 is 0 Å². The number of nitrogens with zero attached hydrogens (tertiary/aromatic N) is 3. The number of likely N-dealkylation sites (N-methyl/N-ethyl adjacent to an activating group) is 2. The van der Waals surface area contributed by atoms with Crippen LogP contribution in [0.25, 0.3) is 0 Å². The van der Waals surface area contributed by atoms with Crippen LogP contribution in [0.4, 0.5) is 5.69 Å². The molecule has 5 atom stereocenters. The summed E-state index contributed by atoms with van der Waals surface area (Å²) in [7, 11) is -1.13. The van der Waals surface area contributed by atoms with Gasteiger partial charge in [-0.3, -0.25) is 43.3 Å². The van der Waals surface area contributed by atoms with E-state index in [0.717, 1.165) is 10.5 Å². The van der Waals surface area contributed by atoms with Gasteiger partial charge in [0.2, 0.25) is 23.6 Å². The Morgan fingerprint density at radius 2 is 1.39 bits per heavy atom. The Bertz CT molecular complexity index is 2520. The Labute approximate surface area is 448 Å².